The van der Waals surface area contributed by atoms with Crippen molar-refractivity contribution in [1.82, 2.24) is 15.5 Å². The monoisotopic (exact) mass is 523 g/mol. The number of nitrogens with zero attached hydrogens (tertiary/aromatic N) is 1. The first-order valence-electron chi connectivity index (χ1n) is 15.6. The van der Waals surface area contributed by atoms with E-state index in [1.807, 2.05) is 6.92 Å². The number of allylic oxidation sites excluding steroid dienone is 5. The smallest absolute Gasteiger partial charge is 0.224 e. The molecule has 0 aromatic heterocycles. The molecule has 1 heterocycles. The Morgan fingerprint density at radius 2 is 1.89 bits per heavy atom. The van der Waals surface area contributed by atoms with Crippen molar-refractivity contribution < 1.29 is 4.79 Å². The van der Waals surface area contributed by atoms with Gasteiger partial charge in [0.1, 0.15) is 0 Å². The summed E-state index contributed by atoms with van der Waals surface area (Å²) in [6.07, 6.45) is 18.5. The normalized spacial score (nSPS) is 21.6. The van der Waals surface area contributed by atoms with Gasteiger partial charge in [0.15, 0.2) is 0 Å². The summed E-state index contributed by atoms with van der Waals surface area (Å²) in [6.45, 7) is 23.8. The molecule has 2 fully saturated rings. The van der Waals surface area contributed by atoms with Crippen LogP contribution < -0.4 is 10.6 Å². The van der Waals surface area contributed by atoms with Gasteiger partial charge < -0.3 is 10.6 Å². The van der Waals surface area contributed by atoms with E-state index < -0.39 is 0 Å². The number of hydrogen-bond acceptors (Lipinski definition) is 3. The van der Waals surface area contributed by atoms with Crippen LogP contribution in [0.25, 0.3) is 0 Å². The highest BCUT2D eigenvalue weighted by atomic mass is 16.2. The van der Waals surface area contributed by atoms with Crippen LogP contribution in [0.1, 0.15) is 98.8 Å². The number of carbonyl (C=O) groups excluding carboxylic acids is 1. The average Bonchev–Trinajstić information content (AvgIpc) is 2.83. The van der Waals surface area contributed by atoms with Gasteiger partial charge in [0.05, 0.1) is 6.04 Å². The van der Waals surface area contributed by atoms with E-state index >= 15 is 0 Å². The van der Waals surface area contributed by atoms with Crippen molar-refractivity contribution in [3.05, 3.63) is 48.2 Å². The van der Waals surface area contributed by atoms with Crippen LogP contribution in [0.5, 0.6) is 0 Å². The standard InChI is InChI=1S/C34H57N3O/c1-8-15-30(28(7)29-17-10-9-11-18-29)32(25(2)3)33(38)36-31(22-37-23-34(24-37)19-14-20-34)27(6)16-12-13-21-35-26(4)5/h9-10,17,25,28,30-32,35H,4,6,8,11-16,18-24H2,1-3,5,7H3,(H,36,38). The summed E-state index contributed by atoms with van der Waals surface area (Å²) in [7, 11) is 0. The van der Waals surface area contributed by atoms with Crippen LogP contribution in [0, 0.1) is 29.1 Å². The zero-order chi connectivity index (χ0) is 27.7. The van der Waals surface area contributed by atoms with E-state index in [0.29, 0.717) is 23.2 Å². The average molecular weight is 524 g/mol. The van der Waals surface area contributed by atoms with Crippen molar-refractivity contribution in [2.45, 2.75) is 105 Å². The molecule has 1 aliphatic heterocycles. The number of likely N-dealkylation sites (tertiary alicyclic amines) is 1. The maximum absolute atomic E-state index is 14.1. The van der Waals surface area contributed by atoms with Crippen molar-refractivity contribution in [3.8, 4) is 0 Å². The third-order valence-corrected chi connectivity index (χ3v) is 9.51. The Balaban J connectivity index is 1.68. The molecule has 3 aliphatic rings. The second kappa shape index (κ2) is 14.5. The molecule has 3 rings (SSSR count). The van der Waals surface area contributed by atoms with Crippen LogP contribution in [0.2, 0.25) is 0 Å². The maximum atomic E-state index is 14.1. The molecule has 1 saturated heterocycles. The summed E-state index contributed by atoms with van der Waals surface area (Å²) < 4.78 is 0. The summed E-state index contributed by atoms with van der Waals surface area (Å²) in [6, 6.07) is 0.0321. The summed E-state index contributed by atoms with van der Waals surface area (Å²) in [5.74, 6) is 1.35. The highest BCUT2D eigenvalue weighted by Gasteiger charge is 2.47. The molecule has 0 aromatic rings. The van der Waals surface area contributed by atoms with Crippen molar-refractivity contribution >= 4 is 5.91 Å². The molecule has 4 atom stereocenters. The number of nitrogens with one attached hydrogen (secondary N) is 2. The summed E-state index contributed by atoms with van der Waals surface area (Å²) in [5.41, 5.74) is 4.31. The SMILES string of the molecule is C=C(C)NCCCCC(=C)C(CN1CC2(CCC2)C1)NC(=O)C(C(C)C)C(CCC)C(C)C1=CC=CCC1. The molecule has 2 aliphatic carbocycles. The Hall–Kier alpha value is -1.81. The predicted octanol–water partition coefficient (Wildman–Crippen LogP) is 7.41. The second-order valence-corrected chi connectivity index (χ2v) is 13.1. The van der Waals surface area contributed by atoms with E-state index in [2.05, 4.69) is 74.6 Å². The molecule has 0 aromatic carbocycles. The van der Waals surface area contributed by atoms with E-state index in [4.69, 9.17) is 0 Å². The Bertz CT molecular complexity index is 857. The molecule has 4 unspecified atom stereocenters. The van der Waals surface area contributed by atoms with Gasteiger partial charge in [-0.15, -0.1) is 0 Å². The molecule has 1 saturated carbocycles. The van der Waals surface area contributed by atoms with Gasteiger partial charge in [-0.25, -0.2) is 0 Å². The third-order valence-electron chi connectivity index (χ3n) is 9.51. The zero-order valence-electron chi connectivity index (χ0n) is 25.3. The van der Waals surface area contributed by atoms with E-state index in [1.54, 1.807) is 0 Å². The minimum atomic E-state index is 0.0150. The molecule has 214 valence electrons. The minimum Gasteiger partial charge on any atom is -0.389 e. The summed E-state index contributed by atoms with van der Waals surface area (Å²) in [4.78, 5) is 16.7. The lowest BCUT2D eigenvalue weighted by atomic mass is 9.63. The van der Waals surface area contributed by atoms with E-state index in [0.717, 1.165) is 63.7 Å². The Kier molecular flexibility index (Phi) is 11.8. The lowest BCUT2D eigenvalue weighted by Crippen LogP contribution is -2.62. The first-order chi connectivity index (χ1) is 18.2. The number of rotatable bonds is 17. The molecule has 1 spiro atoms. The van der Waals surface area contributed by atoms with Crippen LogP contribution in [0.4, 0.5) is 0 Å². The van der Waals surface area contributed by atoms with Gasteiger partial charge in [0, 0.05) is 37.8 Å². The Morgan fingerprint density at radius 3 is 2.45 bits per heavy atom. The van der Waals surface area contributed by atoms with Crippen LogP contribution in [-0.2, 0) is 4.79 Å². The fraction of sp³-hybridized carbons (Fsp3) is 0.735. The van der Waals surface area contributed by atoms with E-state index in [9.17, 15) is 4.79 Å². The minimum absolute atomic E-state index is 0.0150. The number of unbranched alkanes of at least 4 members (excludes halogenated alkanes) is 1. The lowest BCUT2D eigenvalue weighted by Gasteiger charge is -2.56. The quantitative estimate of drug-likeness (QED) is 0.154. The van der Waals surface area contributed by atoms with Gasteiger partial charge >= 0.3 is 0 Å². The highest BCUT2D eigenvalue weighted by Crippen LogP contribution is 2.48. The Morgan fingerprint density at radius 1 is 1.16 bits per heavy atom. The van der Waals surface area contributed by atoms with E-state index in [1.165, 1.54) is 43.5 Å². The van der Waals surface area contributed by atoms with Crippen LogP contribution in [-0.4, -0.2) is 43.0 Å². The second-order valence-electron chi connectivity index (χ2n) is 13.1. The topological polar surface area (TPSA) is 44.4 Å². The van der Waals surface area contributed by atoms with Gasteiger partial charge in [0.2, 0.25) is 5.91 Å². The van der Waals surface area contributed by atoms with Gasteiger partial charge in [-0.3, -0.25) is 9.69 Å². The molecule has 38 heavy (non-hydrogen) atoms. The van der Waals surface area contributed by atoms with Gasteiger partial charge in [-0.05, 0) is 81.5 Å². The van der Waals surface area contributed by atoms with Gasteiger partial charge in [-0.1, -0.05) is 83.1 Å². The van der Waals surface area contributed by atoms with Crippen molar-refractivity contribution in [1.29, 1.82) is 0 Å². The fourth-order valence-corrected chi connectivity index (χ4v) is 7.12. The predicted molar refractivity (Wildman–Crippen MR) is 163 cm³/mol. The van der Waals surface area contributed by atoms with Crippen LogP contribution in [0.15, 0.2) is 48.2 Å². The van der Waals surface area contributed by atoms with Crippen LogP contribution in [0.3, 0.4) is 0 Å². The van der Waals surface area contributed by atoms with Gasteiger partial charge in [0.25, 0.3) is 0 Å². The van der Waals surface area contributed by atoms with Crippen LogP contribution >= 0.6 is 0 Å². The fourth-order valence-electron chi connectivity index (χ4n) is 7.12. The third kappa shape index (κ3) is 8.34. The molecule has 0 bridgehead atoms. The summed E-state index contributed by atoms with van der Waals surface area (Å²) >= 11 is 0. The summed E-state index contributed by atoms with van der Waals surface area (Å²) in [5, 5.41) is 6.90. The highest BCUT2D eigenvalue weighted by molar-refractivity contribution is 5.80. The molecule has 2 N–H and O–H groups in total. The van der Waals surface area contributed by atoms with Crippen molar-refractivity contribution in [3.63, 3.8) is 0 Å². The van der Waals surface area contributed by atoms with Crippen molar-refractivity contribution in [2.24, 2.45) is 29.1 Å². The zero-order valence-corrected chi connectivity index (χ0v) is 25.3. The number of hydrogen-bond donors (Lipinski definition) is 2. The van der Waals surface area contributed by atoms with Gasteiger partial charge in [-0.2, -0.15) is 0 Å². The molecular weight excluding hydrogens is 466 g/mol. The van der Waals surface area contributed by atoms with Crippen molar-refractivity contribution in [2.75, 3.05) is 26.2 Å². The molecule has 0 radical (unpaired) electrons. The largest absolute Gasteiger partial charge is 0.389 e. The molecule has 1 amide bonds. The lowest BCUT2D eigenvalue weighted by molar-refractivity contribution is -0.130. The number of carbonyl (C=O) groups is 1. The Labute approximate surface area is 234 Å². The molecular formula is C34H57N3O. The first-order valence-corrected chi connectivity index (χ1v) is 15.6. The maximum Gasteiger partial charge on any atom is 0.224 e. The van der Waals surface area contributed by atoms with E-state index in [-0.39, 0.29) is 17.9 Å². The first kappa shape index (κ1) is 30.7. The molecule has 4 nitrogen and oxygen atoms in total. The molecule has 4 heteroatoms. The number of amides is 1.